The molecule has 142 valence electrons. The van der Waals surface area contributed by atoms with Crippen molar-refractivity contribution in [1.29, 1.82) is 0 Å². The SMILES string of the molecule is Cc1cccc(OCC(=O)Nc2cccc(C(=O)NCc3ccccc3)c2)c1. The average Bonchev–Trinajstić information content (AvgIpc) is 2.71. The van der Waals surface area contributed by atoms with Gasteiger partial charge in [0.15, 0.2) is 6.61 Å². The first-order valence-electron chi connectivity index (χ1n) is 9.02. The van der Waals surface area contributed by atoms with Gasteiger partial charge in [0, 0.05) is 17.8 Å². The molecule has 0 radical (unpaired) electrons. The van der Waals surface area contributed by atoms with E-state index in [1.165, 1.54) is 0 Å². The molecule has 0 heterocycles. The molecule has 3 aromatic rings. The summed E-state index contributed by atoms with van der Waals surface area (Å²) in [5, 5.41) is 5.62. The Kier molecular flexibility index (Phi) is 6.41. The zero-order valence-corrected chi connectivity index (χ0v) is 15.6. The van der Waals surface area contributed by atoms with Crippen LogP contribution in [0.3, 0.4) is 0 Å². The van der Waals surface area contributed by atoms with Crippen molar-refractivity contribution in [2.24, 2.45) is 0 Å². The number of carbonyl (C=O) groups is 2. The van der Waals surface area contributed by atoms with Crippen molar-refractivity contribution >= 4 is 17.5 Å². The molecule has 0 bridgehead atoms. The van der Waals surface area contributed by atoms with E-state index < -0.39 is 0 Å². The predicted molar refractivity (Wildman–Crippen MR) is 109 cm³/mol. The fourth-order valence-corrected chi connectivity index (χ4v) is 2.67. The van der Waals surface area contributed by atoms with Gasteiger partial charge in [-0.05, 0) is 48.4 Å². The summed E-state index contributed by atoms with van der Waals surface area (Å²) in [5.41, 5.74) is 3.11. The number of amides is 2. The number of rotatable bonds is 7. The summed E-state index contributed by atoms with van der Waals surface area (Å²) in [5.74, 6) is 0.156. The highest BCUT2D eigenvalue weighted by molar-refractivity contribution is 5.97. The normalized spacial score (nSPS) is 10.2. The second-order valence-electron chi connectivity index (χ2n) is 6.40. The van der Waals surface area contributed by atoms with Crippen LogP contribution in [0.25, 0.3) is 0 Å². The lowest BCUT2D eigenvalue weighted by atomic mass is 10.1. The van der Waals surface area contributed by atoms with Gasteiger partial charge in [-0.3, -0.25) is 9.59 Å². The van der Waals surface area contributed by atoms with Crippen LogP contribution >= 0.6 is 0 Å². The van der Waals surface area contributed by atoms with Crippen molar-refractivity contribution in [3.8, 4) is 5.75 Å². The molecule has 0 atom stereocenters. The number of benzene rings is 3. The van der Waals surface area contributed by atoms with Crippen LogP contribution in [-0.4, -0.2) is 18.4 Å². The van der Waals surface area contributed by atoms with Gasteiger partial charge in [0.1, 0.15) is 5.75 Å². The Balaban J connectivity index is 1.53. The molecule has 5 nitrogen and oxygen atoms in total. The van der Waals surface area contributed by atoms with Gasteiger partial charge in [-0.25, -0.2) is 0 Å². The van der Waals surface area contributed by atoms with Gasteiger partial charge in [-0.15, -0.1) is 0 Å². The molecule has 2 amide bonds. The third kappa shape index (κ3) is 5.71. The third-order valence-corrected chi connectivity index (χ3v) is 4.06. The number of anilines is 1. The van der Waals surface area contributed by atoms with E-state index >= 15 is 0 Å². The maximum absolute atomic E-state index is 12.4. The molecule has 0 unspecified atom stereocenters. The molecule has 3 rings (SSSR count). The highest BCUT2D eigenvalue weighted by Crippen LogP contribution is 2.14. The minimum atomic E-state index is -0.289. The predicted octanol–water partition coefficient (Wildman–Crippen LogP) is 3.94. The smallest absolute Gasteiger partial charge is 0.262 e. The van der Waals surface area contributed by atoms with Gasteiger partial charge in [0.25, 0.3) is 11.8 Å². The first-order valence-corrected chi connectivity index (χ1v) is 9.02. The van der Waals surface area contributed by atoms with Crippen molar-refractivity contribution in [3.05, 3.63) is 95.6 Å². The van der Waals surface area contributed by atoms with Gasteiger partial charge >= 0.3 is 0 Å². The number of aryl methyl sites for hydroxylation is 1. The lowest BCUT2D eigenvalue weighted by molar-refractivity contribution is -0.118. The fourth-order valence-electron chi connectivity index (χ4n) is 2.67. The van der Waals surface area contributed by atoms with E-state index in [1.807, 2.05) is 55.5 Å². The maximum atomic E-state index is 12.4. The molecule has 0 aliphatic carbocycles. The van der Waals surface area contributed by atoms with E-state index in [1.54, 1.807) is 30.3 Å². The number of nitrogens with one attached hydrogen (secondary N) is 2. The molecule has 0 saturated carbocycles. The molecule has 0 aliphatic rings. The third-order valence-electron chi connectivity index (χ3n) is 4.06. The average molecular weight is 374 g/mol. The van der Waals surface area contributed by atoms with Gasteiger partial charge in [0.05, 0.1) is 0 Å². The second-order valence-corrected chi connectivity index (χ2v) is 6.40. The molecule has 3 aromatic carbocycles. The van der Waals surface area contributed by atoms with E-state index in [4.69, 9.17) is 4.74 Å². The van der Waals surface area contributed by atoms with E-state index in [-0.39, 0.29) is 18.4 Å². The standard InChI is InChI=1S/C23H22N2O3/c1-17-7-5-12-21(13-17)28-16-22(26)25-20-11-6-10-19(14-20)23(27)24-15-18-8-3-2-4-9-18/h2-14H,15-16H2,1H3,(H,24,27)(H,25,26). The Labute approximate surface area is 164 Å². The minimum Gasteiger partial charge on any atom is -0.484 e. The van der Waals surface area contributed by atoms with E-state index in [2.05, 4.69) is 10.6 Å². The number of hydrogen-bond donors (Lipinski definition) is 2. The number of ether oxygens (including phenoxy) is 1. The van der Waals surface area contributed by atoms with Crippen molar-refractivity contribution in [2.45, 2.75) is 13.5 Å². The Hall–Kier alpha value is -3.60. The summed E-state index contributed by atoms with van der Waals surface area (Å²) in [7, 11) is 0. The Morgan fingerprint density at radius 2 is 1.68 bits per heavy atom. The summed E-state index contributed by atoms with van der Waals surface area (Å²) in [6, 6.07) is 24.0. The van der Waals surface area contributed by atoms with Gasteiger partial charge in [-0.2, -0.15) is 0 Å². The van der Waals surface area contributed by atoms with Gasteiger partial charge < -0.3 is 15.4 Å². The Morgan fingerprint density at radius 3 is 2.46 bits per heavy atom. The Morgan fingerprint density at radius 1 is 0.893 bits per heavy atom. The Bertz CT molecular complexity index is 955. The molecule has 0 aliphatic heterocycles. The topological polar surface area (TPSA) is 67.4 Å². The van der Waals surface area contributed by atoms with Crippen LogP contribution in [-0.2, 0) is 11.3 Å². The summed E-state index contributed by atoms with van der Waals surface area (Å²) >= 11 is 0. The van der Waals surface area contributed by atoms with Crippen molar-refractivity contribution < 1.29 is 14.3 Å². The van der Waals surface area contributed by atoms with Crippen LogP contribution in [0.15, 0.2) is 78.9 Å². The van der Waals surface area contributed by atoms with Crippen LogP contribution in [0.5, 0.6) is 5.75 Å². The zero-order chi connectivity index (χ0) is 19.8. The highest BCUT2D eigenvalue weighted by Gasteiger charge is 2.08. The first-order chi connectivity index (χ1) is 13.6. The molecular weight excluding hydrogens is 352 g/mol. The van der Waals surface area contributed by atoms with Crippen LogP contribution in [0.1, 0.15) is 21.5 Å². The molecule has 0 spiro atoms. The quantitative estimate of drug-likeness (QED) is 0.658. The molecular formula is C23H22N2O3. The van der Waals surface area contributed by atoms with Crippen molar-refractivity contribution in [2.75, 3.05) is 11.9 Å². The fraction of sp³-hybridized carbons (Fsp3) is 0.130. The summed E-state index contributed by atoms with van der Waals surface area (Å²) < 4.78 is 5.49. The van der Waals surface area contributed by atoms with Crippen molar-refractivity contribution in [3.63, 3.8) is 0 Å². The molecule has 0 aromatic heterocycles. The molecule has 0 saturated heterocycles. The summed E-state index contributed by atoms with van der Waals surface area (Å²) in [6.45, 7) is 2.30. The second kappa shape index (κ2) is 9.37. The molecule has 2 N–H and O–H groups in total. The number of hydrogen-bond acceptors (Lipinski definition) is 3. The first kappa shape index (κ1) is 19.2. The van der Waals surface area contributed by atoms with Crippen molar-refractivity contribution in [1.82, 2.24) is 5.32 Å². The molecule has 5 heteroatoms. The van der Waals surface area contributed by atoms with E-state index in [0.717, 1.165) is 11.1 Å². The van der Waals surface area contributed by atoms with Crippen LogP contribution < -0.4 is 15.4 Å². The largest absolute Gasteiger partial charge is 0.484 e. The lowest BCUT2D eigenvalue weighted by Gasteiger charge is -2.10. The molecule has 28 heavy (non-hydrogen) atoms. The monoisotopic (exact) mass is 374 g/mol. The number of carbonyl (C=O) groups excluding carboxylic acids is 2. The van der Waals surface area contributed by atoms with E-state index in [9.17, 15) is 9.59 Å². The lowest BCUT2D eigenvalue weighted by Crippen LogP contribution is -2.23. The van der Waals surface area contributed by atoms with Crippen LogP contribution in [0.2, 0.25) is 0 Å². The van der Waals surface area contributed by atoms with E-state index in [0.29, 0.717) is 23.5 Å². The van der Waals surface area contributed by atoms with Crippen LogP contribution in [0.4, 0.5) is 5.69 Å². The van der Waals surface area contributed by atoms with Crippen LogP contribution in [0, 0.1) is 6.92 Å². The minimum absolute atomic E-state index is 0.103. The maximum Gasteiger partial charge on any atom is 0.262 e. The highest BCUT2D eigenvalue weighted by atomic mass is 16.5. The van der Waals surface area contributed by atoms with Gasteiger partial charge in [-0.1, -0.05) is 48.5 Å². The zero-order valence-electron chi connectivity index (χ0n) is 15.6. The van der Waals surface area contributed by atoms with Gasteiger partial charge in [0.2, 0.25) is 0 Å². The summed E-state index contributed by atoms with van der Waals surface area (Å²) in [6.07, 6.45) is 0. The molecule has 0 fully saturated rings. The summed E-state index contributed by atoms with van der Waals surface area (Å²) in [4.78, 5) is 24.5.